The zero-order valence-corrected chi connectivity index (χ0v) is 63.3. The normalized spacial score (nSPS) is 13.1. The van der Waals surface area contributed by atoms with Crippen molar-refractivity contribution in [2.24, 2.45) is 54.7 Å². The van der Waals surface area contributed by atoms with Crippen molar-refractivity contribution in [2.75, 3.05) is 108 Å². The van der Waals surface area contributed by atoms with Crippen molar-refractivity contribution in [3.63, 3.8) is 0 Å². The summed E-state index contributed by atoms with van der Waals surface area (Å²) >= 11 is 0. The number of ketones is 2. The van der Waals surface area contributed by atoms with E-state index in [1.807, 2.05) is 126 Å². The number of carbonyl (C=O) groups excluding carboxylic acids is 7. The minimum Gasteiger partial charge on any atom is -0.446 e. The first-order chi connectivity index (χ1) is 45.0. The van der Waals surface area contributed by atoms with E-state index in [1.54, 1.807) is 40.2 Å². The summed E-state index contributed by atoms with van der Waals surface area (Å²) in [4.78, 5) is 98.7. The predicted octanol–water partition coefficient (Wildman–Crippen LogP) is 9.61. The molecular formula is C63H132N22O12. The molecule has 0 saturated carbocycles. The summed E-state index contributed by atoms with van der Waals surface area (Å²) in [5.41, 5.74) is 35.2. The summed E-state index contributed by atoms with van der Waals surface area (Å²) < 4.78 is 27.4. The molecule has 0 aliphatic rings. The Morgan fingerprint density at radius 2 is 0.742 bits per heavy atom. The number of rotatable bonds is 42. The molecule has 0 heterocycles. The van der Waals surface area contributed by atoms with Gasteiger partial charge in [0.15, 0.2) is 5.78 Å². The lowest BCUT2D eigenvalue weighted by Crippen LogP contribution is -2.43. The molecule has 0 bridgehead atoms. The van der Waals surface area contributed by atoms with Crippen LogP contribution in [0.1, 0.15) is 194 Å². The maximum atomic E-state index is 12.4. The lowest BCUT2D eigenvalue weighted by molar-refractivity contribution is -0.121. The van der Waals surface area contributed by atoms with Gasteiger partial charge in [-0.3, -0.25) is 21.3 Å². The van der Waals surface area contributed by atoms with Crippen molar-refractivity contribution in [1.82, 2.24) is 46.8 Å². The number of hydrazine groups is 2. The molecule has 14 N–H and O–H groups in total. The Bertz CT molecular complexity index is 2320. The Balaban J connectivity index is -0.000000424. The van der Waals surface area contributed by atoms with Gasteiger partial charge in [0.25, 0.3) is 0 Å². The van der Waals surface area contributed by atoms with Gasteiger partial charge in [-0.1, -0.05) is 70.7 Å². The number of alkyl carbamates (subject to hydrolysis) is 5. The largest absolute Gasteiger partial charge is 0.446 e. The van der Waals surface area contributed by atoms with E-state index in [0.29, 0.717) is 77.4 Å². The number of unbranched alkanes of at least 4 members (excludes halogenated alkanes) is 3. The number of hydrogen-bond donors (Lipinski definition) is 10. The van der Waals surface area contributed by atoms with Gasteiger partial charge in [0.1, 0.15) is 35.3 Å². The third kappa shape index (κ3) is 59.1. The van der Waals surface area contributed by atoms with Gasteiger partial charge >= 0.3 is 30.5 Å². The van der Waals surface area contributed by atoms with E-state index in [4.69, 9.17) is 46.0 Å². The molecule has 3 unspecified atom stereocenters. The van der Waals surface area contributed by atoms with Crippen LogP contribution in [0, 0.1) is 16.2 Å². The summed E-state index contributed by atoms with van der Waals surface area (Å²) in [6.45, 7) is 32.0. The second-order valence-corrected chi connectivity index (χ2v) is 28.0. The lowest BCUT2D eigenvalue weighted by atomic mass is 9.84. The quantitative estimate of drug-likeness (QED) is 0.00517. The summed E-state index contributed by atoms with van der Waals surface area (Å²) in [7, 11) is 13.2. The van der Waals surface area contributed by atoms with Gasteiger partial charge in [-0.15, -0.1) is 0 Å². The maximum absolute atomic E-state index is 12.4. The van der Waals surface area contributed by atoms with Crippen molar-refractivity contribution >= 4 is 42.0 Å². The summed E-state index contributed by atoms with van der Waals surface area (Å²) in [5.74, 6) is 8.75. The second-order valence-electron chi connectivity index (χ2n) is 28.0. The molecule has 34 heteroatoms. The van der Waals surface area contributed by atoms with Crippen LogP contribution in [0.2, 0.25) is 0 Å². The van der Waals surface area contributed by atoms with Crippen LogP contribution in [-0.2, 0) is 33.3 Å². The average Bonchev–Trinajstić information content (AvgIpc) is 0.901. The highest BCUT2D eigenvalue weighted by Crippen LogP contribution is 2.29. The molecule has 0 spiro atoms. The third-order valence-corrected chi connectivity index (χ3v) is 14.2. The zero-order chi connectivity index (χ0) is 76.0. The molecule has 0 aromatic rings. The van der Waals surface area contributed by atoms with Gasteiger partial charge in [0.05, 0.1) is 12.1 Å². The molecule has 0 fully saturated rings. The van der Waals surface area contributed by atoms with Crippen LogP contribution in [0.4, 0.5) is 24.0 Å². The molecule has 97 heavy (non-hydrogen) atoms. The van der Waals surface area contributed by atoms with Gasteiger partial charge in [-0.2, -0.15) is 5.53 Å². The zero-order valence-electron chi connectivity index (χ0n) is 63.3. The maximum Gasteiger partial charge on any atom is 0.408 e. The van der Waals surface area contributed by atoms with E-state index < -0.39 is 76.1 Å². The number of ether oxygens (including phenoxy) is 5. The molecule has 0 aliphatic heterocycles. The van der Waals surface area contributed by atoms with Crippen molar-refractivity contribution < 1.29 is 57.2 Å². The fourth-order valence-electron chi connectivity index (χ4n) is 8.54. The van der Waals surface area contributed by atoms with Crippen LogP contribution >= 0.6 is 0 Å². The number of hydrogen-bond acceptors (Lipinski definition) is 23. The highest BCUT2D eigenvalue weighted by Gasteiger charge is 2.35. The molecule has 0 aliphatic carbocycles. The van der Waals surface area contributed by atoms with Gasteiger partial charge in [-0.25, -0.2) is 24.0 Å². The number of nitrogens with two attached hydrogens (primary N) is 4. The molecule has 0 aromatic carbocycles. The first kappa shape index (κ1) is 99.0. The summed E-state index contributed by atoms with van der Waals surface area (Å²) in [6.07, 6.45) is 5.11. The van der Waals surface area contributed by atoms with Crippen molar-refractivity contribution in [3.8, 4) is 0 Å². The highest BCUT2D eigenvalue weighted by atomic mass is 16.6. The Hall–Kier alpha value is -6.70. The minimum atomic E-state index is -0.645. The predicted molar refractivity (Wildman–Crippen MR) is 381 cm³/mol. The van der Waals surface area contributed by atoms with Crippen molar-refractivity contribution in [2.45, 2.75) is 241 Å². The number of carbonyl (C=O) groups is 7. The van der Waals surface area contributed by atoms with Crippen LogP contribution in [0.5, 0.6) is 0 Å². The SMILES string of the molecule is CCC(=O)[C@@H](N)CCCCNC(=O)OC(CCN(C)C)C(C)(C)CN=[N+]=[N-].CCC(=O)[C@H](CCCCNC(=O)OC(CCN(C)C)C(C)(C)CN=[N+]=[N-])NC(=O)OC(C)(C)C.CN.C[C@H](CCCCNC(=O)OC(CCN(C)C)C(C)(C)CN=[N+]=[N-])NC(=O)OC(C)(C)C.NNN. The van der Waals surface area contributed by atoms with Gasteiger partial charge in [0, 0.05) is 109 Å². The average molecular weight is 1390 g/mol. The van der Waals surface area contributed by atoms with E-state index >= 15 is 0 Å². The number of amides is 5. The molecule has 0 rings (SSSR count). The Kier molecular flexibility index (Phi) is 57.3. The Labute approximate surface area is 579 Å². The van der Waals surface area contributed by atoms with Gasteiger partial charge in [0.2, 0.25) is 0 Å². The monoisotopic (exact) mass is 1390 g/mol. The summed E-state index contributed by atoms with van der Waals surface area (Å²) in [6, 6.07) is -1.05. The van der Waals surface area contributed by atoms with E-state index in [0.717, 1.165) is 51.7 Å². The molecule has 0 saturated heterocycles. The van der Waals surface area contributed by atoms with E-state index in [-0.39, 0.29) is 49.5 Å². The van der Waals surface area contributed by atoms with Crippen LogP contribution in [0.3, 0.4) is 0 Å². The molecule has 566 valence electrons. The fraction of sp³-hybridized carbons (Fsp3) is 0.889. The molecule has 0 aromatic heterocycles. The standard InChI is InChI=1S/C23H44N6O5.C21H42N6O4.C18H36N6O3.CH5N.H5N3/c1-9-18(30)17(27-21(32)34-22(2,3)4)12-10-11-14-25-20(31)33-19(13-15-29(7)8)23(5,6)16-26-28-24;1-16(25-19(29)31-20(2,3)4)11-9-10-13-23-18(28)30-17(12-14-27(7)8)21(5,6)15-24-26-22;1-6-15(25)14(19)9-7-8-11-21-17(26)27-16(10-12-24(4)5)18(2,3)13-22-23-20;1-2;1-3-2/h17,19H,9-16H2,1-8H3,(H,25,31)(H,27,32);16-17H,9-15H2,1-8H3,(H,23,28)(H,25,29);14,16H,6-13,19H2,1-5H3,(H,21,26);2H2,1H3;3H,1-2H2/t17-,19?;16-,17?;14-,16?;;/m010../s1. The van der Waals surface area contributed by atoms with Gasteiger partial charge < -0.3 is 76.4 Å². The number of azide groups is 3. The van der Waals surface area contributed by atoms with Crippen LogP contribution in [0.25, 0.3) is 31.3 Å². The van der Waals surface area contributed by atoms with Crippen molar-refractivity contribution in [1.29, 1.82) is 0 Å². The minimum absolute atomic E-state index is 0.0151. The Morgan fingerprint density at radius 3 is 1.02 bits per heavy atom. The van der Waals surface area contributed by atoms with E-state index in [1.165, 1.54) is 7.05 Å². The first-order valence-corrected chi connectivity index (χ1v) is 33.4. The first-order valence-electron chi connectivity index (χ1n) is 33.4. The summed E-state index contributed by atoms with van der Waals surface area (Å²) in [5, 5.41) is 24.7. The van der Waals surface area contributed by atoms with Gasteiger partial charge in [-0.05, 0) is 191 Å². The molecule has 34 nitrogen and oxygen atoms in total. The fourth-order valence-corrected chi connectivity index (χ4v) is 8.54. The lowest BCUT2D eigenvalue weighted by Gasteiger charge is -2.33. The second kappa shape index (κ2) is 56.2. The van der Waals surface area contributed by atoms with Crippen LogP contribution in [-0.4, -0.2) is 213 Å². The number of nitrogens with zero attached hydrogens (tertiary/aromatic N) is 12. The number of Topliss-reactive ketones (excluding diaryl/α,β-unsaturated/α-hetero) is 2. The van der Waals surface area contributed by atoms with E-state index in [9.17, 15) is 33.6 Å². The topological polar surface area (TPSA) is 498 Å². The van der Waals surface area contributed by atoms with Crippen LogP contribution in [0.15, 0.2) is 15.3 Å². The molecular weight excluding hydrogens is 1260 g/mol. The van der Waals surface area contributed by atoms with E-state index in [2.05, 4.69) is 74.1 Å². The highest BCUT2D eigenvalue weighted by molar-refractivity contribution is 5.87. The molecule has 6 atom stereocenters. The smallest absolute Gasteiger partial charge is 0.408 e. The van der Waals surface area contributed by atoms with Crippen molar-refractivity contribution in [3.05, 3.63) is 31.3 Å². The molecule has 0 radical (unpaired) electrons. The number of nitrogens with one attached hydrogen (secondary N) is 6. The Morgan fingerprint density at radius 1 is 0.454 bits per heavy atom. The molecule has 5 amide bonds. The third-order valence-electron chi connectivity index (χ3n) is 14.2. The van der Waals surface area contributed by atoms with Crippen LogP contribution < -0.4 is 55.3 Å².